The van der Waals surface area contributed by atoms with E-state index in [-0.39, 0.29) is 6.10 Å². The molecule has 1 aromatic heterocycles. The van der Waals surface area contributed by atoms with Crippen molar-refractivity contribution in [3.63, 3.8) is 0 Å². The van der Waals surface area contributed by atoms with Crippen molar-refractivity contribution in [2.45, 2.75) is 39.3 Å². The number of rotatable bonds is 4. The zero-order chi connectivity index (χ0) is 19.1. The van der Waals surface area contributed by atoms with Gasteiger partial charge >= 0.3 is 0 Å². The van der Waals surface area contributed by atoms with Crippen molar-refractivity contribution in [2.75, 3.05) is 31.1 Å². The molecule has 2 aromatic rings. The lowest BCUT2D eigenvalue weighted by Crippen LogP contribution is -2.29. The van der Waals surface area contributed by atoms with Crippen LogP contribution in [0.2, 0.25) is 0 Å². The van der Waals surface area contributed by atoms with Crippen LogP contribution >= 0.6 is 0 Å². The van der Waals surface area contributed by atoms with E-state index >= 15 is 0 Å². The third-order valence-corrected chi connectivity index (χ3v) is 6.26. The van der Waals surface area contributed by atoms with E-state index in [4.69, 9.17) is 9.73 Å². The maximum absolute atomic E-state index is 5.67. The van der Waals surface area contributed by atoms with Crippen LogP contribution < -0.4 is 15.0 Å². The van der Waals surface area contributed by atoms with Crippen molar-refractivity contribution in [1.82, 2.24) is 10.3 Å². The van der Waals surface area contributed by atoms with Crippen LogP contribution in [-0.2, 0) is 6.54 Å². The molecule has 28 heavy (non-hydrogen) atoms. The first-order chi connectivity index (χ1) is 13.6. The zero-order valence-corrected chi connectivity index (χ0v) is 16.7. The Morgan fingerprint density at radius 1 is 1.18 bits per heavy atom. The Hall–Kier alpha value is -2.40. The van der Waals surface area contributed by atoms with Crippen LogP contribution in [0.15, 0.2) is 41.5 Å². The van der Waals surface area contributed by atoms with Gasteiger partial charge in [-0.2, -0.15) is 0 Å². The molecule has 0 amide bonds. The van der Waals surface area contributed by atoms with Crippen LogP contribution in [0, 0.1) is 5.41 Å². The van der Waals surface area contributed by atoms with Gasteiger partial charge in [-0.05, 0) is 57.0 Å². The predicted molar refractivity (Wildman–Crippen MR) is 113 cm³/mol. The van der Waals surface area contributed by atoms with Gasteiger partial charge in [0, 0.05) is 54.1 Å². The maximum Gasteiger partial charge on any atom is 0.213 e. The number of nitrogens with zero attached hydrogens (tertiary/aromatic N) is 3. The Balaban J connectivity index is 1.38. The molecule has 0 radical (unpaired) electrons. The first kappa shape index (κ1) is 17.7. The molecule has 1 N–H and O–H groups in total. The normalized spacial score (nSPS) is 23.5. The molecule has 4 heterocycles. The molecule has 146 valence electrons. The quantitative estimate of drug-likeness (QED) is 0.888. The smallest absolute Gasteiger partial charge is 0.213 e. The molecule has 3 aliphatic rings. The molecular formula is C23H28N4O. The summed E-state index contributed by atoms with van der Waals surface area (Å²) >= 11 is 0. The van der Waals surface area contributed by atoms with Crippen molar-refractivity contribution in [3.05, 3.63) is 53.2 Å². The van der Waals surface area contributed by atoms with Gasteiger partial charge in [-0.1, -0.05) is 6.07 Å². The number of aliphatic imine (C=N–C) groups is 1. The van der Waals surface area contributed by atoms with Gasteiger partial charge in [0.15, 0.2) is 0 Å². The molecule has 1 atom stereocenters. The standard InChI is InChI=1S/C23H28N4O/c1-16(2)28-21-6-4-18(13-25-21)22-20-11-19(5-3-17(20)12-26-22)27-10-8-23(15-27)7-9-24-14-23/h3-6,11,13,16,24H,7-10,12,14-15H2,1-2H3. The van der Waals surface area contributed by atoms with Crippen molar-refractivity contribution in [2.24, 2.45) is 10.4 Å². The Labute approximate surface area is 166 Å². The van der Waals surface area contributed by atoms with E-state index in [1.807, 2.05) is 26.1 Å². The number of hydrogen-bond donors (Lipinski definition) is 1. The van der Waals surface area contributed by atoms with Crippen molar-refractivity contribution < 1.29 is 4.74 Å². The third-order valence-electron chi connectivity index (χ3n) is 6.26. The molecule has 2 saturated heterocycles. The first-order valence-electron chi connectivity index (χ1n) is 10.4. The first-order valence-corrected chi connectivity index (χ1v) is 10.4. The number of ether oxygens (including phenoxy) is 1. The second kappa shape index (κ2) is 6.89. The van der Waals surface area contributed by atoms with E-state index in [9.17, 15) is 0 Å². The molecule has 0 bridgehead atoms. The fraction of sp³-hybridized carbons (Fsp3) is 0.478. The van der Waals surface area contributed by atoms with Crippen LogP contribution in [0.4, 0.5) is 5.69 Å². The van der Waals surface area contributed by atoms with E-state index in [1.165, 1.54) is 36.2 Å². The monoisotopic (exact) mass is 376 g/mol. The lowest BCUT2D eigenvalue weighted by molar-refractivity contribution is 0.232. The van der Waals surface area contributed by atoms with Crippen LogP contribution in [0.25, 0.3) is 0 Å². The summed E-state index contributed by atoms with van der Waals surface area (Å²) in [6.07, 6.45) is 4.61. The van der Waals surface area contributed by atoms with E-state index in [0.29, 0.717) is 11.3 Å². The summed E-state index contributed by atoms with van der Waals surface area (Å²) in [4.78, 5) is 11.8. The highest BCUT2D eigenvalue weighted by Crippen LogP contribution is 2.39. The highest BCUT2D eigenvalue weighted by atomic mass is 16.5. The summed E-state index contributed by atoms with van der Waals surface area (Å²) in [5, 5.41) is 3.55. The summed E-state index contributed by atoms with van der Waals surface area (Å²) in [7, 11) is 0. The van der Waals surface area contributed by atoms with Gasteiger partial charge in [0.1, 0.15) is 0 Å². The molecule has 5 heteroatoms. The van der Waals surface area contributed by atoms with Crippen LogP contribution in [0.1, 0.15) is 43.4 Å². The van der Waals surface area contributed by atoms with Gasteiger partial charge in [0.25, 0.3) is 0 Å². The molecule has 0 saturated carbocycles. The van der Waals surface area contributed by atoms with Crippen molar-refractivity contribution >= 4 is 11.4 Å². The summed E-state index contributed by atoms with van der Waals surface area (Å²) in [6, 6.07) is 10.9. The number of hydrogen-bond acceptors (Lipinski definition) is 5. The number of nitrogens with one attached hydrogen (secondary N) is 1. The van der Waals surface area contributed by atoms with Crippen molar-refractivity contribution in [1.29, 1.82) is 0 Å². The summed E-state index contributed by atoms with van der Waals surface area (Å²) in [5.41, 5.74) is 6.47. The van der Waals surface area contributed by atoms with Gasteiger partial charge in [0.05, 0.1) is 18.4 Å². The molecule has 0 aliphatic carbocycles. The second-order valence-corrected chi connectivity index (χ2v) is 8.66. The molecule has 1 spiro atoms. The molecule has 5 rings (SSSR count). The van der Waals surface area contributed by atoms with Gasteiger partial charge in [0.2, 0.25) is 5.88 Å². The van der Waals surface area contributed by atoms with E-state index in [0.717, 1.165) is 37.5 Å². The van der Waals surface area contributed by atoms with E-state index in [2.05, 4.69) is 39.5 Å². The molecular weight excluding hydrogens is 348 g/mol. The Kier molecular flexibility index (Phi) is 4.35. The number of fused-ring (bicyclic) bond motifs is 1. The molecule has 3 aliphatic heterocycles. The summed E-state index contributed by atoms with van der Waals surface area (Å²) < 4.78 is 5.67. The number of aromatic nitrogens is 1. The summed E-state index contributed by atoms with van der Waals surface area (Å²) in [5.74, 6) is 0.666. The van der Waals surface area contributed by atoms with Crippen LogP contribution in [0.3, 0.4) is 0 Å². The van der Waals surface area contributed by atoms with Crippen molar-refractivity contribution in [3.8, 4) is 5.88 Å². The fourth-order valence-corrected chi connectivity index (χ4v) is 4.75. The minimum atomic E-state index is 0.129. The second-order valence-electron chi connectivity index (χ2n) is 8.66. The van der Waals surface area contributed by atoms with Gasteiger partial charge < -0.3 is 15.0 Å². The number of benzene rings is 1. The van der Waals surface area contributed by atoms with Crippen LogP contribution in [-0.4, -0.2) is 43.0 Å². The topological polar surface area (TPSA) is 49.8 Å². The molecule has 1 unspecified atom stereocenters. The highest BCUT2D eigenvalue weighted by Gasteiger charge is 2.40. The SMILES string of the molecule is CC(C)Oc1ccc(C2=NCc3ccc(N4CCC5(CCNC5)C4)cc32)cn1. The van der Waals surface area contributed by atoms with Gasteiger partial charge in [-0.15, -0.1) is 0 Å². The third kappa shape index (κ3) is 3.18. The minimum absolute atomic E-state index is 0.129. The van der Waals surface area contributed by atoms with Gasteiger partial charge in [-0.3, -0.25) is 4.99 Å². The molecule has 2 fully saturated rings. The lowest BCUT2D eigenvalue weighted by atomic mass is 9.86. The van der Waals surface area contributed by atoms with Gasteiger partial charge in [-0.25, -0.2) is 4.98 Å². The predicted octanol–water partition coefficient (Wildman–Crippen LogP) is 3.41. The Morgan fingerprint density at radius 3 is 2.86 bits per heavy atom. The highest BCUT2D eigenvalue weighted by molar-refractivity contribution is 6.15. The minimum Gasteiger partial charge on any atom is -0.475 e. The number of pyridine rings is 1. The summed E-state index contributed by atoms with van der Waals surface area (Å²) in [6.45, 7) is 9.42. The average Bonchev–Trinajstić information content (AvgIpc) is 3.42. The Morgan fingerprint density at radius 2 is 2.11 bits per heavy atom. The largest absolute Gasteiger partial charge is 0.475 e. The maximum atomic E-state index is 5.67. The van der Waals surface area contributed by atoms with E-state index < -0.39 is 0 Å². The number of anilines is 1. The fourth-order valence-electron chi connectivity index (χ4n) is 4.75. The average molecular weight is 377 g/mol. The Bertz CT molecular complexity index is 897. The molecule has 1 aromatic carbocycles. The molecule has 5 nitrogen and oxygen atoms in total. The van der Waals surface area contributed by atoms with Crippen LogP contribution in [0.5, 0.6) is 5.88 Å². The lowest BCUT2D eigenvalue weighted by Gasteiger charge is -2.24. The van der Waals surface area contributed by atoms with E-state index in [1.54, 1.807) is 0 Å². The zero-order valence-electron chi connectivity index (χ0n) is 16.7.